The van der Waals surface area contributed by atoms with Gasteiger partial charge < -0.3 is 5.11 Å². The number of aliphatic hydroxyl groups is 1. The maximum Gasteiger partial charge on any atom is 0.102 e. The van der Waals surface area contributed by atoms with E-state index in [1.807, 2.05) is 0 Å². The lowest BCUT2D eigenvalue weighted by molar-refractivity contribution is 0.133. The van der Waals surface area contributed by atoms with Gasteiger partial charge in [0.2, 0.25) is 0 Å². The highest BCUT2D eigenvalue weighted by Crippen LogP contribution is 1.99. The van der Waals surface area contributed by atoms with Gasteiger partial charge in [-0.25, -0.2) is 0 Å². The quantitative estimate of drug-likeness (QED) is 0.559. The number of hydrogen-bond acceptors (Lipinski definition) is 2. The minimum absolute atomic E-state index is 0.387. The third-order valence-electron chi connectivity index (χ3n) is 1.50. The molecule has 0 spiro atoms. The molecule has 0 heterocycles. The van der Waals surface area contributed by atoms with E-state index in [-0.39, 0.29) is 6.23 Å². The van der Waals surface area contributed by atoms with Crippen LogP contribution in [0.4, 0.5) is 0 Å². The summed E-state index contributed by atoms with van der Waals surface area (Å²) in [6.45, 7) is 8.05. The molecule has 0 radical (unpaired) electrons. The van der Waals surface area contributed by atoms with Crippen LogP contribution in [0.1, 0.15) is 27.7 Å². The zero-order valence-electron chi connectivity index (χ0n) is 6.68. The third kappa shape index (κ3) is 4.43. The Morgan fingerprint density at radius 3 is 1.67 bits per heavy atom. The fraction of sp³-hybridized carbons (Fsp3) is 1.00. The third-order valence-corrected chi connectivity index (χ3v) is 1.50. The van der Waals surface area contributed by atoms with E-state index in [1.54, 1.807) is 6.92 Å². The lowest BCUT2D eigenvalue weighted by Gasteiger charge is -2.18. The van der Waals surface area contributed by atoms with E-state index < -0.39 is 0 Å². The first-order chi connectivity index (χ1) is 4.04. The molecule has 0 amide bonds. The second kappa shape index (κ2) is 3.85. The van der Waals surface area contributed by atoms with Gasteiger partial charge in [-0.1, -0.05) is 13.8 Å². The summed E-state index contributed by atoms with van der Waals surface area (Å²) in [6.07, 6.45) is -0.387. The molecule has 0 aliphatic heterocycles. The molecule has 0 aromatic carbocycles. The standard InChI is InChI=1S/C7H17NO/c1-5(2)6(3)8-7(4)9/h5-9H,1-4H3/t6-,7?/m0/s1. The smallest absolute Gasteiger partial charge is 0.102 e. The molecule has 9 heavy (non-hydrogen) atoms. The minimum Gasteiger partial charge on any atom is -0.379 e. The second-order valence-electron chi connectivity index (χ2n) is 2.88. The first-order valence-corrected chi connectivity index (χ1v) is 3.48. The molecule has 2 atom stereocenters. The molecule has 2 N–H and O–H groups in total. The maximum atomic E-state index is 8.86. The van der Waals surface area contributed by atoms with Crippen molar-refractivity contribution in [2.75, 3.05) is 0 Å². The first-order valence-electron chi connectivity index (χ1n) is 3.48. The van der Waals surface area contributed by atoms with E-state index >= 15 is 0 Å². The van der Waals surface area contributed by atoms with E-state index in [1.165, 1.54) is 0 Å². The molecule has 0 aliphatic rings. The van der Waals surface area contributed by atoms with Gasteiger partial charge in [0, 0.05) is 6.04 Å². The Labute approximate surface area is 57.3 Å². The summed E-state index contributed by atoms with van der Waals surface area (Å²) in [5.41, 5.74) is 0. The zero-order chi connectivity index (χ0) is 7.44. The summed E-state index contributed by atoms with van der Waals surface area (Å²) in [4.78, 5) is 0. The molecule has 0 saturated carbocycles. The van der Waals surface area contributed by atoms with Crippen LogP contribution in [-0.2, 0) is 0 Å². The molecule has 0 rings (SSSR count). The molecule has 2 heteroatoms. The highest BCUT2D eigenvalue weighted by molar-refractivity contribution is 4.63. The van der Waals surface area contributed by atoms with Crippen molar-refractivity contribution in [1.82, 2.24) is 5.32 Å². The normalized spacial score (nSPS) is 18.0. The van der Waals surface area contributed by atoms with Gasteiger partial charge in [-0.2, -0.15) is 0 Å². The Kier molecular flexibility index (Phi) is 3.82. The maximum absolute atomic E-state index is 8.86. The average molecular weight is 131 g/mol. The Hall–Kier alpha value is -0.0800. The number of rotatable bonds is 3. The Morgan fingerprint density at radius 1 is 1.11 bits per heavy atom. The number of aliphatic hydroxyl groups excluding tert-OH is 1. The molecule has 0 aromatic heterocycles. The molecule has 0 saturated heterocycles. The van der Waals surface area contributed by atoms with Crippen LogP contribution in [0.3, 0.4) is 0 Å². The van der Waals surface area contributed by atoms with Crippen LogP contribution in [0, 0.1) is 5.92 Å². The lowest BCUT2D eigenvalue weighted by Crippen LogP contribution is -2.37. The molecule has 56 valence electrons. The summed E-state index contributed by atoms with van der Waals surface area (Å²) < 4.78 is 0. The van der Waals surface area contributed by atoms with Gasteiger partial charge in [0.05, 0.1) is 0 Å². The van der Waals surface area contributed by atoms with E-state index in [0.717, 1.165) is 0 Å². The predicted octanol–water partition coefficient (Wildman–Crippen LogP) is 0.959. The van der Waals surface area contributed by atoms with Crippen molar-refractivity contribution < 1.29 is 5.11 Å². The van der Waals surface area contributed by atoms with Gasteiger partial charge in [-0.3, -0.25) is 5.32 Å². The van der Waals surface area contributed by atoms with Crippen molar-refractivity contribution >= 4 is 0 Å². The van der Waals surface area contributed by atoms with Gasteiger partial charge in [-0.05, 0) is 19.8 Å². The molecular formula is C7H17NO. The number of hydrogen-bond donors (Lipinski definition) is 2. The molecule has 0 fully saturated rings. The van der Waals surface area contributed by atoms with Crippen LogP contribution in [0.2, 0.25) is 0 Å². The first kappa shape index (κ1) is 8.92. The Morgan fingerprint density at radius 2 is 1.56 bits per heavy atom. The average Bonchev–Trinajstić information content (AvgIpc) is 1.63. The molecule has 1 unspecified atom stereocenters. The molecule has 0 aromatic rings. The highest BCUT2D eigenvalue weighted by atomic mass is 16.3. The fourth-order valence-corrected chi connectivity index (χ4v) is 0.573. The second-order valence-corrected chi connectivity index (χ2v) is 2.88. The van der Waals surface area contributed by atoms with E-state index in [9.17, 15) is 0 Å². The predicted molar refractivity (Wildman–Crippen MR) is 39.1 cm³/mol. The molecular weight excluding hydrogens is 114 g/mol. The topological polar surface area (TPSA) is 32.3 Å². The highest BCUT2D eigenvalue weighted by Gasteiger charge is 2.06. The SMILES string of the molecule is CC(O)N[C@@H](C)C(C)C. The van der Waals surface area contributed by atoms with Crippen LogP contribution >= 0.6 is 0 Å². The van der Waals surface area contributed by atoms with Gasteiger partial charge >= 0.3 is 0 Å². The summed E-state index contributed by atoms with van der Waals surface area (Å²) in [5.74, 6) is 0.583. The number of nitrogens with one attached hydrogen (secondary N) is 1. The molecule has 0 aliphatic carbocycles. The van der Waals surface area contributed by atoms with E-state index in [2.05, 4.69) is 26.1 Å². The summed E-state index contributed by atoms with van der Waals surface area (Å²) in [5, 5.41) is 11.9. The summed E-state index contributed by atoms with van der Waals surface area (Å²) >= 11 is 0. The van der Waals surface area contributed by atoms with Crippen LogP contribution in [0.25, 0.3) is 0 Å². The fourth-order valence-electron chi connectivity index (χ4n) is 0.573. The minimum atomic E-state index is -0.387. The van der Waals surface area contributed by atoms with Crippen molar-refractivity contribution in [3.63, 3.8) is 0 Å². The van der Waals surface area contributed by atoms with Crippen molar-refractivity contribution in [3.05, 3.63) is 0 Å². The Balaban J connectivity index is 3.38. The van der Waals surface area contributed by atoms with Gasteiger partial charge in [0.25, 0.3) is 0 Å². The van der Waals surface area contributed by atoms with Crippen molar-refractivity contribution in [1.29, 1.82) is 0 Å². The molecule has 2 nitrogen and oxygen atoms in total. The zero-order valence-corrected chi connectivity index (χ0v) is 6.68. The van der Waals surface area contributed by atoms with E-state index in [0.29, 0.717) is 12.0 Å². The van der Waals surface area contributed by atoms with Crippen LogP contribution < -0.4 is 5.32 Å². The van der Waals surface area contributed by atoms with E-state index in [4.69, 9.17) is 5.11 Å². The van der Waals surface area contributed by atoms with Gasteiger partial charge in [0.15, 0.2) is 0 Å². The lowest BCUT2D eigenvalue weighted by atomic mass is 10.1. The van der Waals surface area contributed by atoms with Crippen molar-refractivity contribution in [3.8, 4) is 0 Å². The van der Waals surface area contributed by atoms with Crippen LogP contribution in [-0.4, -0.2) is 17.4 Å². The summed E-state index contributed by atoms with van der Waals surface area (Å²) in [6, 6.07) is 0.394. The van der Waals surface area contributed by atoms with Gasteiger partial charge in [0.1, 0.15) is 6.23 Å². The van der Waals surface area contributed by atoms with Crippen LogP contribution in [0.5, 0.6) is 0 Å². The summed E-state index contributed by atoms with van der Waals surface area (Å²) in [7, 11) is 0. The van der Waals surface area contributed by atoms with Crippen molar-refractivity contribution in [2.24, 2.45) is 5.92 Å². The van der Waals surface area contributed by atoms with Gasteiger partial charge in [-0.15, -0.1) is 0 Å². The monoisotopic (exact) mass is 131 g/mol. The van der Waals surface area contributed by atoms with Crippen LogP contribution in [0.15, 0.2) is 0 Å². The largest absolute Gasteiger partial charge is 0.379 e. The molecule has 0 bridgehead atoms. The van der Waals surface area contributed by atoms with Crippen molar-refractivity contribution in [2.45, 2.75) is 40.0 Å². The Bertz CT molecular complexity index is 71.3.